The van der Waals surface area contributed by atoms with Crippen LogP contribution in [0, 0.1) is 0 Å². The van der Waals surface area contributed by atoms with Crippen molar-refractivity contribution >= 4 is 42.4 Å². The van der Waals surface area contributed by atoms with Gasteiger partial charge in [0.05, 0.1) is 15.1 Å². The molecule has 0 radical (unpaired) electrons. The number of H-pyrrole nitrogens is 1. The molecule has 1 unspecified atom stereocenters. The molecule has 36 heavy (non-hydrogen) atoms. The van der Waals surface area contributed by atoms with E-state index in [1.54, 1.807) is 0 Å². The van der Waals surface area contributed by atoms with Gasteiger partial charge in [0, 0.05) is 29.5 Å². The molecule has 0 aromatic carbocycles. The molecule has 6 atom stereocenters. The molecule has 1 aromatic rings. The Hall–Kier alpha value is -0.836. The fraction of sp³-hybridized carbons (Fsp3) is 0.783. The van der Waals surface area contributed by atoms with Crippen LogP contribution < -0.4 is 11.2 Å². The molecule has 2 fully saturated rings. The van der Waals surface area contributed by atoms with Crippen molar-refractivity contribution in [3.63, 3.8) is 0 Å². The van der Waals surface area contributed by atoms with E-state index in [-0.39, 0.29) is 21.6 Å². The van der Waals surface area contributed by atoms with Crippen LogP contribution in [0.4, 0.5) is 0 Å². The number of nitrogens with one attached hydrogen (secondary N) is 1. The lowest BCUT2D eigenvalue weighted by molar-refractivity contribution is -0.111. The zero-order valence-corrected chi connectivity index (χ0v) is 26.5. The van der Waals surface area contributed by atoms with E-state index < -0.39 is 67.5 Å². The van der Waals surface area contributed by atoms with Gasteiger partial charge in [-0.2, -0.15) is 0 Å². The van der Waals surface area contributed by atoms with Crippen LogP contribution >= 0.6 is 10.8 Å². The second-order valence-electron chi connectivity index (χ2n) is 12.7. The van der Waals surface area contributed by atoms with Gasteiger partial charge in [0.1, 0.15) is 18.3 Å². The number of ether oxygens (including phenoxy) is 1. The predicted octanol–water partition coefficient (Wildman–Crippen LogP) is 3.91. The summed E-state index contributed by atoms with van der Waals surface area (Å²) in [5.41, 5.74) is -1.14. The molecule has 0 aliphatic carbocycles. The van der Waals surface area contributed by atoms with Crippen LogP contribution in [0.3, 0.4) is 0 Å². The van der Waals surface area contributed by atoms with E-state index in [1.807, 2.05) is 0 Å². The van der Waals surface area contributed by atoms with Crippen LogP contribution in [0.2, 0.25) is 36.3 Å². The topological polar surface area (TPSA) is 117 Å². The molecular formula is C23H40N2O7S2Si2. The lowest BCUT2D eigenvalue weighted by atomic mass is 10.1. The first-order valence-electron chi connectivity index (χ1n) is 12.2. The molecule has 0 saturated carbocycles. The Morgan fingerprint density at radius 1 is 1.00 bits per heavy atom. The molecule has 2 aliphatic rings. The Bertz CT molecular complexity index is 1140. The largest absolute Gasteiger partial charge is 0.408 e. The Labute approximate surface area is 221 Å². The smallest absolute Gasteiger partial charge is 0.330 e. The van der Waals surface area contributed by atoms with Gasteiger partial charge in [-0.15, -0.1) is 0 Å². The van der Waals surface area contributed by atoms with E-state index in [1.165, 1.54) is 16.8 Å². The molecular weight excluding hydrogens is 537 g/mol. The van der Waals surface area contributed by atoms with E-state index >= 15 is 0 Å². The van der Waals surface area contributed by atoms with Crippen molar-refractivity contribution in [2.45, 2.75) is 114 Å². The molecule has 1 aromatic heterocycles. The summed E-state index contributed by atoms with van der Waals surface area (Å²) in [5, 5.41) is -1.02. The highest BCUT2D eigenvalue weighted by molar-refractivity contribution is 8.76. The maximum absolute atomic E-state index is 13.0. The van der Waals surface area contributed by atoms with Crippen molar-refractivity contribution in [1.29, 1.82) is 0 Å². The number of rotatable bonds is 6. The summed E-state index contributed by atoms with van der Waals surface area (Å²) in [6.07, 6.45) is -1.50. The lowest BCUT2D eigenvalue weighted by Gasteiger charge is -2.44. The van der Waals surface area contributed by atoms with Crippen molar-refractivity contribution in [3.05, 3.63) is 33.1 Å². The first-order chi connectivity index (χ1) is 16.2. The highest BCUT2D eigenvalue weighted by Gasteiger charge is 2.58. The molecule has 1 N–H and O–H groups in total. The second-order valence-corrected chi connectivity index (χ2v) is 25.4. The van der Waals surface area contributed by atoms with E-state index in [2.05, 4.69) is 72.7 Å². The number of hydrogen-bond donors (Lipinski definition) is 1. The summed E-state index contributed by atoms with van der Waals surface area (Å²) in [5.74, 6) is 0. The van der Waals surface area contributed by atoms with E-state index in [4.69, 9.17) is 13.6 Å². The number of carbonyl (C=O) groups is 1. The summed E-state index contributed by atoms with van der Waals surface area (Å²) in [7, 11) is -5.49. The highest BCUT2D eigenvalue weighted by atomic mass is 33.1. The monoisotopic (exact) mass is 576 g/mol. The van der Waals surface area contributed by atoms with Gasteiger partial charge < -0.3 is 13.6 Å². The van der Waals surface area contributed by atoms with Crippen LogP contribution in [-0.4, -0.2) is 59.1 Å². The van der Waals surface area contributed by atoms with Gasteiger partial charge in [-0.05, 0) is 36.3 Å². The molecule has 2 saturated heterocycles. The second kappa shape index (κ2) is 10.0. The summed E-state index contributed by atoms with van der Waals surface area (Å²) >= 11 is 0. The molecule has 3 rings (SSSR count). The molecule has 0 spiro atoms. The summed E-state index contributed by atoms with van der Waals surface area (Å²) in [4.78, 5) is 39.2. The van der Waals surface area contributed by atoms with Gasteiger partial charge in [-0.1, -0.05) is 41.5 Å². The average molecular weight is 577 g/mol. The summed E-state index contributed by atoms with van der Waals surface area (Å²) < 4.78 is 34.6. The fourth-order valence-corrected chi connectivity index (χ4v) is 9.38. The van der Waals surface area contributed by atoms with Gasteiger partial charge in [0.2, 0.25) is 5.12 Å². The number of carbonyl (C=O) groups excluding carboxylic acids is 1. The zero-order valence-electron chi connectivity index (χ0n) is 22.9. The van der Waals surface area contributed by atoms with Gasteiger partial charge in [-0.25, -0.2) is 9.00 Å². The Balaban J connectivity index is 2.18. The molecule has 13 heteroatoms. The molecule has 0 amide bonds. The normalized spacial score (nSPS) is 30.2. The number of aromatic amines is 1. The van der Waals surface area contributed by atoms with Crippen molar-refractivity contribution in [3.8, 4) is 0 Å². The predicted molar refractivity (Wildman–Crippen MR) is 149 cm³/mol. The van der Waals surface area contributed by atoms with Crippen molar-refractivity contribution in [2.75, 3.05) is 0 Å². The summed E-state index contributed by atoms with van der Waals surface area (Å²) in [6, 6.07) is 1.26. The summed E-state index contributed by atoms with van der Waals surface area (Å²) in [6.45, 7) is 21.2. The Morgan fingerprint density at radius 3 is 1.97 bits per heavy atom. The van der Waals surface area contributed by atoms with Crippen LogP contribution in [0.15, 0.2) is 21.9 Å². The molecule has 0 bridgehead atoms. The van der Waals surface area contributed by atoms with Crippen molar-refractivity contribution in [1.82, 2.24) is 9.55 Å². The SMILES string of the molecule is CC(C)(C)[Si](C)(C)O[C@H]1[C@@H](O[Si](C)(C)C(C)(C)C)[C@H](n2ccc(=O)[nH]c2=O)O[C@@H]1[C@@H]1CC(=O)SS1=O. The highest BCUT2D eigenvalue weighted by Crippen LogP contribution is 2.48. The first kappa shape index (κ1) is 29.7. The van der Waals surface area contributed by atoms with Gasteiger partial charge in [0.25, 0.3) is 5.56 Å². The zero-order chi connectivity index (χ0) is 27.4. The minimum atomic E-state index is -2.42. The third-order valence-corrected chi connectivity index (χ3v) is 20.2. The Morgan fingerprint density at radius 2 is 1.53 bits per heavy atom. The van der Waals surface area contributed by atoms with E-state index in [0.29, 0.717) is 0 Å². The van der Waals surface area contributed by atoms with E-state index in [9.17, 15) is 18.6 Å². The quantitative estimate of drug-likeness (QED) is 0.400. The molecule has 3 heterocycles. The first-order valence-corrected chi connectivity index (χ1v) is 20.6. The minimum absolute atomic E-state index is 0.0966. The van der Waals surface area contributed by atoms with Crippen LogP contribution in [0.5, 0.6) is 0 Å². The van der Waals surface area contributed by atoms with E-state index in [0.717, 1.165) is 10.8 Å². The lowest BCUT2D eigenvalue weighted by Crippen LogP contribution is -2.55. The fourth-order valence-electron chi connectivity index (χ4n) is 3.75. The number of hydrogen-bond acceptors (Lipinski definition) is 8. The maximum Gasteiger partial charge on any atom is 0.330 e. The van der Waals surface area contributed by atoms with Crippen LogP contribution in [0.1, 0.15) is 54.2 Å². The third kappa shape index (κ3) is 5.91. The standard InChI is InChI=1S/C23H40N2O7S2Si2/c1-22(2,3)35(7,8)31-18-17(14-13-16(27)33-34(14)29)30-20(25-12-11-15(26)24-21(25)28)19(18)32-36(9,10)23(4,5)6/h11-12,14,17-20H,13H2,1-10H3,(H,24,26,28)/t14-,17+,18+,19+,20+,34?/m0/s1. The van der Waals surface area contributed by atoms with Gasteiger partial charge in [-0.3, -0.25) is 19.1 Å². The van der Waals surface area contributed by atoms with Gasteiger partial charge in [0.15, 0.2) is 22.9 Å². The van der Waals surface area contributed by atoms with Crippen molar-refractivity contribution < 1.29 is 22.6 Å². The third-order valence-electron chi connectivity index (χ3n) is 7.98. The minimum Gasteiger partial charge on any atom is -0.408 e. The average Bonchev–Trinajstić information content (AvgIpc) is 3.19. The number of nitrogens with zero attached hydrogens (tertiary/aromatic N) is 1. The van der Waals surface area contributed by atoms with Crippen molar-refractivity contribution in [2.24, 2.45) is 0 Å². The Kier molecular flexibility index (Phi) is 8.29. The molecule has 9 nitrogen and oxygen atoms in total. The molecule has 204 valence electrons. The number of aromatic nitrogens is 2. The molecule has 2 aliphatic heterocycles. The van der Waals surface area contributed by atoms with Crippen LogP contribution in [-0.2, 0) is 28.2 Å². The maximum atomic E-state index is 13.0. The van der Waals surface area contributed by atoms with Crippen LogP contribution in [0.25, 0.3) is 0 Å². The van der Waals surface area contributed by atoms with Gasteiger partial charge >= 0.3 is 5.69 Å².